The van der Waals surface area contributed by atoms with Gasteiger partial charge >= 0.3 is 5.69 Å². The van der Waals surface area contributed by atoms with Gasteiger partial charge in [-0.3, -0.25) is 9.13 Å². The quantitative estimate of drug-likeness (QED) is 0.486. The van der Waals surface area contributed by atoms with Gasteiger partial charge in [0.2, 0.25) is 0 Å². The van der Waals surface area contributed by atoms with Gasteiger partial charge < -0.3 is 20.3 Å². The number of nitrogens with one attached hydrogen (secondary N) is 1. The number of aliphatic hydroxyl groups excluding tert-OH is 2. The topological polar surface area (TPSA) is 88.7 Å². The zero-order chi connectivity index (χ0) is 20.1. The molecular formula is C21H27N3O4. The number of hydrogen-bond acceptors (Lipinski definition) is 5. The first kappa shape index (κ1) is 20.1. The van der Waals surface area contributed by atoms with E-state index in [4.69, 9.17) is 9.84 Å². The summed E-state index contributed by atoms with van der Waals surface area (Å²) in [7, 11) is 3.45. The van der Waals surface area contributed by atoms with Gasteiger partial charge in [-0.1, -0.05) is 18.2 Å². The second-order valence-electron chi connectivity index (χ2n) is 6.87. The smallest absolute Gasteiger partial charge is 0.328 e. The SMILES string of the molecule is Cn1c(=O)n(C)c2cc([C@@H](O)COc3ccc(CNCCCO)cc3)ccc21. The molecule has 7 nitrogen and oxygen atoms in total. The number of ether oxygens (including phenoxy) is 1. The minimum Gasteiger partial charge on any atom is -0.491 e. The van der Waals surface area contributed by atoms with E-state index in [9.17, 15) is 9.90 Å². The largest absolute Gasteiger partial charge is 0.491 e. The normalized spacial score (nSPS) is 12.4. The Morgan fingerprint density at radius 3 is 2.50 bits per heavy atom. The molecule has 2 aromatic carbocycles. The fourth-order valence-corrected chi connectivity index (χ4v) is 3.14. The molecular weight excluding hydrogens is 358 g/mol. The summed E-state index contributed by atoms with van der Waals surface area (Å²) < 4.78 is 8.87. The zero-order valence-corrected chi connectivity index (χ0v) is 16.3. The highest BCUT2D eigenvalue weighted by molar-refractivity contribution is 5.76. The van der Waals surface area contributed by atoms with Crippen molar-refractivity contribution in [1.82, 2.24) is 14.5 Å². The summed E-state index contributed by atoms with van der Waals surface area (Å²) in [6.07, 6.45) is -0.0540. The maximum atomic E-state index is 12.0. The van der Waals surface area contributed by atoms with Gasteiger partial charge in [0.1, 0.15) is 18.5 Å². The van der Waals surface area contributed by atoms with E-state index in [1.54, 1.807) is 23.2 Å². The molecule has 1 heterocycles. The Bertz CT molecular complexity index is 976. The van der Waals surface area contributed by atoms with Crippen molar-refractivity contribution >= 4 is 11.0 Å². The molecule has 0 unspecified atom stereocenters. The first-order valence-corrected chi connectivity index (χ1v) is 9.38. The van der Waals surface area contributed by atoms with Crippen LogP contribution in [0, 0.1) is 0 Å². The first-order valence-electron chi connectivity index (χ1n) is 9.38. The van der Waals surface area contributed by atoms with Crippen LogP contribution in [0.25, 0.3) is 11.0 Å². The molecule has 3 aromatic rings. The number of hydrogen-bond donors (Lipinski definition) is 3. The highest BCUT2D eigenvalue weighted by Crippen LogP contribution is 2.21. The van der Waals surface area contributed by atoms with Crippen molar-refractivity contribution in [2.24, 2.45) is 14.1 Å². The molecule has 3 rings (SSSR count). The second kappa shape index (κ2) is 9.05. The monoisotopic (exact) mass is 385 g/mol. The van der Waals surface area contributed by atoms with E-state index in [-0.39, 0.29) is 18.9 Å². The maximum absolute atomic E-state index is 12.0. The average Bonchev–Trinajstić information content (AvgIpc) is 2.94. The Kier molecular flexibility index (Phi) is 6.51. The van der Waals surface area contributed by atoms with Gasteiger partial charge in [-0.05, 0) is 48.4 Å². The van der Waals surface area contributed by atoms with Gasteiger partial charge in [-0.25, -0.2) is 4.79 Å². The van der Waals surface area contributed by atoms with Crippen LogP contribution in [0.3, 0.4) is 0 Å². The van der Waals surface area contributed by atoms with Crippen molar-refractivity contribution in [2.75, 3.05) is 19.8 Å². The summed E-state index contributed by atoms with van der Waals surface area (Å²) in [5.74, 6) is 0.686. The van der Waals surface area contributed by atoms with Gasteiger partial charge in [0.05, 0.1) is 11.0 Å². The van der Waals surface area contributed by atoms with Crippen molar-refractivity contribution in [2.45, 2.75) is 19.1 Å². The molecule has 1 aromatic heterocycles. The summed E-state index contributed by atoms with van der Waals surface area (Å²) in [6, 6.07) is 13.2. The minimum atomic E-state index is -0.792. The molecule has 3 N–H and O–H groups in total. The van der Waals surface area contributed by atoms with Gasteiger partial charge in [0, 0.05) is 27.2 Å². The van der Waals surface area contributed by atoms with E-state index in [0.29, 0.717) is 11.3 Å². The Morgan fingerprint density at radius 2 is 1.79 bits per heavy atom. The molecule has 0 saturated carbocycles. The third kappa shape index (κ3) is 4.44. The van der Waals surface area contributed by atoms with Gasteiger partial charge in [-0.2, -0.15) is 0 Å². The van der Waals surface area contributed by atoms with Crippen LogP contribution >= 0.6 is 0 Å². The fraction of sp³-hybridized carbons (Fsp3) is 0.381. The van der Waals surface area contributed by atoms with E-state index < -0.39 is 6.10 Å². The van der Waals surface area contributed by atoms with Crippen LogP contribution in [-0.2, 0) is 20.6 Å². The third-order valence-electron chi connectivity index (χ3n) is 4.85. The minimum absolute atomic E-state index is 0.0937. The lowest BCUT2D eigenvalue weighted by atomic mass is 10.1. The Hall–Kier alpha value is -2.61. The molecule has 150 valence electrons. The Balaban J connectivity index is 1.59. The lowest BCUT2D eigenvalue weighted by molar-refractivity contribution is 0.108. The summed E-state index contributed by atoms with van der Waals surface area (Å²) in [6.45, 7) is 1.83. The van der Waals surface area contributed by atoms with E-state index in [1.165, 1.54) is 0 Å². The summed E-state index contributed by atoms with van der Waals surface area (Å²) >= 11 is 0. The van der Waals surface area contributed by atoms with Crippen molar-refractivity contribution in [3.63, 3.8) is 0 Å². The first-order chi connectivity index (χ1) is 13.5. The van der Waals surface area contributed by atoms with Crippen molar-refractivity contribution in [3.8, 4) is 5.75 Å². The standard InChI is InChI=1S/C21H27N3O4/c1-23-18-9-6-16(12-19(18)24(2)21(23)27)20(26)14-28-17-7-4-15(5-8-17)13-22-10-3-11-25/h4-9,12,20,22,25-26H,3,10-11,13-14H2,1-2H3/t20-/m0/s1. The van der Waals surface area contributed by atoms with Gasteiger partial charge in [0.15, 0.2) is 0 Å². The number of nitrogens with zero attached hydrogens (tertiary/aromatic N) is 2. The summed E-state index contributed by atoms with van der Waals surface area (Å²) in [5, 5.41) is 22.5. The van der Waals surface area contributed by atoms with Crippen LogP contribution in [-0.4, -0.2) is 39.1 Å². The summed E-state index contributed by atoms with van der Waals surface area (Å²) in [4.78, 5) is 12.0. The lowest BCUT2D eigenvalue weighted by Gasteiger charge is -2.13. The van der Waals surface area contributed by atoms with Crippen LogP contribution in [0.4, 0.5) is 0 Å². The highest BCUT2D eigenvalue weighted by Gasteiger charge is 2.13. The molecule has 28 heavy (non-hydrogen) atoms. The Morgan fingerprint density at radius 1 is 1.07 bits per heavy atom. The number of imidazole rings is 1. The maximum Gasteiger partial charge on any atom is 0.328 e. The van der Waals surface area contributed by atoms with Crippen molar-refractivity contribution in [3.05, 3.63) is 64.1 Å². The molecule has 0 fully saturated rings. The molecule has 7 heteroatoms. The number of aryl methyl sites for hydroxylation is 2. The van der Waals surface area contributed by atoms with Crippen molar-refractivity contribution in [1.29, 1.82) is 0 Å². The van der Waals surface area contributed by atoms with Crippen LogP contribution < -0.4 is 15.7 Å². The molecule has 0 radical (unpaired) electrons. The molecule has 0 aliphatic heterocycles. The predicted molar refractivity (Wildman–Crippen MR) is 108 cm³/mol. The van der Waals surface area contributed by atoms with Crippen molar-refractivity contribution < 1.29 is 14.9 Å². The molecule has 0 aliphatic carbocycles. The molecule has 0 saturated heterocycles. The highest BCUT2D eigenvalue weighted by atomic mass is 16.5. The lowest BCUT2D eigenvalue weighted by Crippen LogP contribution is -2.19. The third-order valence-corrected chi connectivity index (χ3v) is 4.85. The molecule has 1 atom stereocenters. The Labute approximate surface area is 163 Å². The number of fused-ring (bicyclic) bond motifs is 1. The van der Waals surface area contributed by atoms with E-state index in [2.05, 4.69) is 5.32 Å². The van der Waals surface area contributed by atoms with Crippen LogP contribution in [0.2, 0.25) is 0 Å². The second-order valence-corrected chi connectivity index (χ2v) is 6.87. The van der Waals surface area contributed by atoms with Crippen LogP contribution in [0.5, 0.6) is 5.75 Å². The predicted octanol–water partition coefficient (Wildman–Crippen LogP) is 1.46. The number of aromatic nitrogens is 2. The average molecular weight is 385 g/mol. The zero-order valence-electron chi connectivity index (χ0n) is 16.3. The van der Waals surface area contributed by atoms with E-state index in [1.807, 2.05) is 42.5 Å². The van der Waals surface area contributed by atoms with Gasteiger partial charge in [0.25, 0.3) is 0 Å². The number of aliphatic hydroxyl groups is 2. The van der Waals surface area contributed by atoms with Crippen LogP contribution in [0.15, 0.2) is 47.3 Å². The fourth-order valence-electron chi connectivity index (χ4n) is 3.14. The van der Waals surface area contributed by atoms with E-state index >= 15 is 0 Å². The molecule has 0 amide bonds. The summed E-state index contributed by atoms with van der Waals surface area (Å²) in [5.41, 5.74) is 3.35. The molecule has 0 bridgehead atoms. The van der Waals surface area contributed by atoms with Crippen LogP contribution in [0.1, 0.15) is 23.7 Å². The molecule has 0 spiro atoms. The molecule has 0 aliphatic rings. The number of rotatable bonds is 9. The number of benzene rings is 2. The van der Waals surface area contributed by atoms with Gasteiger partial charge in [-0.15, -0.1) is 0 Å². The van der Waals surface area contributed by atoms with E-state index in [0.717, 1.165) is 36.1 Å².